The summed E-state index contributed by atoms with van der Waals surface area (Å²) < 4.78 is 0. The highest BCUT2D eigenvalue weighted by Gasteiger charge is 2.16. The zero-order chi connectivity index (χ0) is 21.6. The normalized spacial score (nSPS) is 11.2. The van der Waals surface area contributed by atoms with Gasteiger partial charge in [0.2, 0.25) is 5.95 Å². The number of anilines is 2. The Morgan fingerprint density at radius 3 is 2.25 bits per heavy atom. The van der Waals surface area contributed by atoms with Gasteiger partial charge in [0.25, 0.3) is 0 Å². The molecule has 0 atom stereocenters. The van der Waals surface area contributed by atoms with Crippen molar-refractivity contribution in [3.63, 3.8) is 0 Å². The molecule has 0 aliphatic rings. The monoisotopic (exact) mass is 424 g/mol. The lowest BCUT2D eigenvalue weighted by molar-refractivity contribution is 0.848. The molecule has 5 aromatic rings. The second-order valence-corrected chi connectivity index (χ2v) is 7.51. The molecule has 0 saturated heterocycles. The van der Waals surface area contributed by atoms with Crippen LogP contribution in [0.5, 0.6) is 0 Å². The Morgan fingerprint density at radius 1 is 0.812 bits per heavy atom. The maximum Gasteiger partial charge on any atom is 0.226 e. The molecule has 0 aliphatic heterocycles. The van der Waals surface area contributed by atoms with Crippen LogP contribution in [-0.4, -0.2) is 43.0 Å². The van der Waals surface area contributed by atoms with Gasteiger partial charge in [-0.1, -0.05) is 60.7 Å². The minimum absolute atomic E-state index is 0.183. The van der Waals surface area contributed by atoms with E-state index in [1.54, 1.807) is 12.7 Å². The second-order valence-electron chi connectivity index (χ2n) is 7.51. The number of aromatic amines is 2. The van der Waals surface area contributed by atoms with Crippen LogP contribution in [0.1, 0.15) is 22.7 Å². The first-order valence-corrected chi connectivity index (χ1v) is 10.6. The summed E-state index contributed by atoms with van der Waals surface area (Å²) in [6.07, 6.45) is 5.94. The van der Waals surface area contributed by atoms with E-state index in [4.69, 9.17) is 4.98 Å². The van der Waals surface area contributed by atoms with E-state index < -0.39 is 0 Å². The lowest BCUT2D eigenvalue weighted by Gasteiger charge is -2.19. The van der Waals surface area contributed by atoms with E-state index in [0.717, 1.165) is 23.4 Å². The Morgan fingerprint density at radius 2 is 1.56 bits per heavy atom. The quantitative estimate of drug-likeness (QED) is 0.285. The van der Waals surface area contributed by atoms with Gasteiger partial charge in [0.05, 0.1) is 12.7 Å². The molecule has 3 aromatic heterocycles. The van der Waals surface area contributed by atoms with E-state index in [1.165, 1.54) is 11.1 Å². The highest BCUT2D eigenvalue weighted by atomic mass is 15.2. The average molecular weight is 425 g/mol. The molecule has 0 bridgehead atoms. The van der Waals surface area contributed by atoms with Crippen LogP contribution in [0.4, 0.5) is 11.8 Å². The number of nitrogens with zero attached hydrogens (tertiary/aromatic N) is 4. The fraction of sp³-hybridized carbons (Fsp3) is 0.167. The van der Waals surface area contributed by atoms with Crippen molar-refractivity contribution in [1.29, 1.82) is 0 Å². The van der Waals surface area contributed by atoms with Crippen molar-refractivity contribution in [1.82, 2.24) is 29.9 Å². The smallest absolute Gasteiger partial charge is 0.226 e. The lowest BCUT2D eigenvalue weighted by Crippen LogP contribution is -2.16. The number of benzene rings is 2. The van der Waals surface area contributed by atoms with Gasteiger partial charge in [-0.05, 0) is 11.1 Å². The highest BCUT2D eigenvalue weighted by molar-refractivity contribution is 5.83. The van der Waals surface area contributed by atoms with E-state index in [-0.39, 0.29) is 5.92 Å². The van der Waals surface area contributed by atoms with Crippen LogP contribution in [-0.2, 0) is 6.42 Å². The first-order valence-electron chi connectivity index (χ1n) is 10.6. The van der Waals surface area contributed by atoms with Crippen LogP contribution in [0.25, 0.3) is 11.2 Å². The zero-order valence-electron chi connectivity index (χ0n) is 17.5. The summed E-state index contributed by atoms with van der Waals surface area (Å²) in [5, 5.41) is 6.83. The van der Waals surface area contributed by atoms with Crippen LogP contribution in [0.15, 0.2) is 79.5 Å². The standard InChI is InChI=1S/C24H24N8/c1-3-7-17(8-4-1)20(18-9-5-2-6-10-18)14-27-22-21-23(30-16-29-21)32-24(31-22)26-12-11-19-13-25-15-28-19/h1-10,13,15-16,20H,11-12,14H2,(H,25,28)(H3,26,27,29,30,31,32). The number of H-pyrrole nitrogens is 2. The number of rotatable bonds is 9. The third-order valence-electron chi connectivity index (χ3n) is 5.40. The Kier molecular flexibility index (Phi) is 5.74. The second kappa shape index (κ2) is 9.30. The maximum atomic E-state index is 4.72. The summed E-state index contributed by atoms with van der Waals surface area (Å²) >= 11 is 0. The Bertz CT molecular complexity index is 1210. The van der Waals surface area contributed by atoms with Crippen molar-refractivity contribution in [2.75, 3.05) is 23.7 Å². The summed E-state index contributed by atoms with van der Waals surface area (Å²) in [7, 11) is 0. The molecule has 8 heteroatoms. The molecule has 4 N–H and O–H groups in total. The van der Waals surface area contributed by atoms with Crippen LogP contribution >= 0.6 is 0 Å². The van der Waals surface area contributed by atoms with Crippen LogP contribution < -0.4 is 10.6 Å². The fourth-order valence-electron chi connectivity index (χ4n) is 3.77. The van der Waals surface area contributed by atoms with Crippen molar-refractivity contribution >= 4 is 22.9 Å². The van der Waals surface area contributed by atoms with Gasteiger partial charge in [-0.15, -0.1) is 0 Å². The Balaban J connectivity index is 1.36. The molecule has 8 nitrogen and oxygen atoms in total. The van der Waals surface area contributed by atoms with Gasteiger partial charge < -0.3 is 20.6 Å². The molecule has 2 aromatic carbocycles. The van der Waals surface area contributed by atoms with Crippen molar-refractivity contribution in [2.45, 2.75) is 12.3 Å². The molecule has 0 aliphatic carbocycles. The Labute approximate surface area is 185 Å². The van der Waals surface area contributed by atoms with Gasteiger partial charge in [-0.3, -0.25) is 0 Å². The minimum atomic E-state index is 0.183. The largest absolute Gasteiger partial charge is 0.367 e. The van der Waals surface area contributed by atoms with E-state index in [9.17, 15) is 0 Å². The number of fused-ring (bicyclic) bond motifs is 1. The molecule has 0 radical (unpaired) electrons. The molecule has 0 saturated carbocycles. The van der Waals surface area contributed by atoms with Crippen molar-refractivity contribution in [3.8, 4) is 0 Å². The molecule has 0 spiro atoms. The maximum absolute atomic E-state index is 4.72. The first kappa shape index (κ1) is 19.7. The number of aromatic nitrogens is 6. The Hall–Kier alpha value is -4.20. The fourth-order valence-corrected chi connectivity index (χ4v) is 3.77. The summed E-state index contributed by atoms with van der Waals surface area (Å²) in [4.78, 5) is 23.9. The van der Waals surface area contributed by atoms with Crippen molar-refractivity contribution in [3.05, 3.63) is 96.3 Å². The van der Waals surface area contributed by atoms with Gasteiger partial charge in [0.1, 0.15) is 5.52 Å². The van der Waals surface area contributed by atoms with Gasteiger partial charge in [0, 0.05) is 37.3 Å². The molecule has 0 unspecified atom stereocenters. The predicted octanol–water partition coefficient (Wildman–Crippen LogP) is 3.97. The highest BCUT2D eigenvalue weighted by Crippen LogP contribution is 2.26. The first-order chi connectivity index (χ1) is 15.9. The molecule has 3 heterocycles. The molecular formula is C24H24N8. The minimum Gasteiger partial charge on any atom is -0.367 e. The number of hydrogen-bond donors (Lipinski definition) is 4. The zero-order valence-corrected chi connectivity index (χ0v) is 17.5. The molecule has 160 valence electrons. The summed E-state index contributed by atoms with van der Waals surface area (Å²) in [5.41, 5.74) is 4.98. The third kappa shape index (κ3) is 4.44. The van der Waals surface area contributed by atoms with E-state index in [0.29, 0.717) is 24.7 Å². The average Bonchev–Trinajstić information content (AvgIpc) is 3.53. The van der Waals surface area contributed by atoms with Crippen molar-refractivity contribution < 1.29 is 0 Å². The van der Waals surface area contributed by atoms with Gasteiger partial charge in [-0.2, -0.15) is 9.97 Å². The summed E-state index contributed by atoms with van der Waals surface area (Å²) in [5.74, 6) is 1.46. The summed E-state index contributed by atoms with van der Waals surface area (Å²) in [6.45, 7) is 1.38. The lowest BCUT2D eigenvalue weighted by atomic mass is 9.91. The molecule has 32 heavy (non-hydrogen) atoms. The SMILES string of the molecule is c1ccc(C(CNc2nc(NCCc3cnc[nH]3)nc3nc[nH]c23)c2ccccc2)cc1. The topological polar surface area (TPSA) is 107 Å². The van der Waals surface area contributed by atoms with Gasteiger partial charge >= 0.3 is 0 Å². The number of imidazole rings is 2. The predicted molar refractivity (Wildman–Crippen MR) is 126 cm³/mol. The van der Waals surface area contributed by atoms with Crippen molar-refractivity contribution in [2.24, 2.45) is 0 Å². The van der Waals surface area contributed by atoms with E-state index in [2.05, 4.69) is 84.1 Å². The number of hydrogen-bond acceptors (Lipinski definition) is 6. The molecule has 5 rings (SSSR count). The molecule has 0 amide bonds. The molecular weight excluding hydrogens is 400 g/mol. The number of nitrogens with one attached hydrogen (secondary N) is 4. The van der Waals surface area contributed by atoms with Crippen LogP contribution in [0, 0.1) is 0 Å². The van der Waals surface area contributed by atoms with E-state index >= 15 is 0 Å². The van der Waals surface area contributed by atoms with Gasteiger partial charge in [0.15, 0.2) is 11.5 Å². The van der Waals surface area contributed by atoms with E-state index in [1.807, 2.05) is 18.3 Å². The summed E-state index contributed by atoms with van der Waals surface area (Å²) in [6, 6.07) is 21.0. The molecule has 0 fully saturated rings. The van der Waals surface area contributed by atoms with Gasteiger partial charge in [-0.25, -0.2) is 9.97 Å². The van der Waals surface area contributed by atoms with Crippen LogP contribution in [0.3, 0.4) is 0 Å². The van der Waals surface area contributed by atoms with Crippen LogP contribution in [0.2, 0.25) is 0 Å². The third-order valence-corrected chi connectivity index (χ3v) is 5.40.